The molecule has 0 bridgehead atoms. The second-order valence-corrected chi connectivity index (χ2v) is 7.05. The molecule has 0 unspecified atom stereocenters. The zero-order valence-electron chi connectivity index (χ0n) is 14.7. The van der Waals surface area contributed by atoms with Gasteiger partial charge in [0.05, 0.1) is 16.7 Å². The number of nitrogens with one attached hydrogen (secondary N) is 1. The Hall–Kier alpha value is -2.89. The zero-order chi connectivity index (χ0) is 17.8. The number of aromatic nitrogens is 3. The summed E-state index contributed by atoms with van der Waals surface area (Å²) < 4.78 is 5.66. The van der Waals surface area contributed by atoms with Gasteiger partial charge in [-0.3, -0.25) is 9.88 Å². The molecule has 0 fully saturated rings. The van der Waals surface area contributed by atoms with Gasteiger partial charge in [0.25, 0.3) is 0 Å². The van der Waals surface area contributed by atoms with Gasteiger partial charge < -0.3 is 9.72 Å². The molecule has 0 spiro atoms. The smallest absolute Gasteiger partial charge is 0.415 e. The van der Waals surface area contributed by atoms with Gasteiger partial charge in [-0.15, -0.1) is 0 Å². The average molecular weight is 336 g/mol. The molecule has 6 heteroatoms. The van der Waals surface area contributed by atoms with Crippen LogP contribution in [0.3, 0.4) is 0 Å². The molecule has 3 heterocycles. The lowest BCUT2D eigenvalue weighted by molar-refractivity contribution is 0.0340. The lowest BCUT2D eigenvalue weighted by Gasteiger charge is -2.40. The van der Waals surface area contributed by atoms with Crippen LogP contribution < -0.4 is 4.90 Å². The average Bonchev–Trinajstić information content (AvgIpc) is 2.96. The maximum Gasteiger partial charge on any atom is 0.415 e. The maximum absolute atomic E-state index is 12.4. The molecule has 2 aromatic heterocycles. The molecule has 128 valence electrons. The number of imidazole rings is 1. The number of hydrogen-bond donors (Lipinski definition) is 1. The van der Waals surface area contributed by atoms with Crippen molar-refractivity contribution in [2.24, 2.45) is 0 Å². The molecule has 4 rings (SSSR count). The van der Waals surface area contributed by atoms with Crippen LogP contribution in [0.4, 0.5) is 10.5 Å². The van der Waals surface area contributed by atoms with E-state index in [-0.39, 0.29) is 12.1 Å². The number of nitrogens with zero attached hydrogens (tertiary/aromatic N) is 3. The zero-order valence-corrected chi connectivity index (χ0v) is 14.7. The van der Waals surface area contributed by atoms with E-state index < -0.39 is 5.60 Å². The van der Waals surface area contributed by atoms with E-state index in [4.69, 9.17) is 9.72 Å². The fourth-order valence-electron chi connectivity index (χ4n) is 3.28. The quantitative estimate of drug-likeness (QED) is 0.760. The third-order valence-electron chi connectivity index (χ3n) is 4.52. The number of hydrogen-bond acceptors (Lipinski definition) is 4. The number of carbonyl (C=O) groups excluding carboxylic acids is 1. The highest BCUT2D eigenvalue weighted by Crippen LogP contribution is 2.41. The standard InChI is InChI=1S/C19H20N4O2/c1-11(2)23-16-10-15-14(9-13(16)19(3,4)25-18(23)24)21-17(22-15)12-5-7-20-8-6-12/h5-11H,1-4H3,(H,21,22). The first kappa shape index (κ1) is 15.6. The Morgan fingerprint density at radius 3 is 2.60 bits per heavy atom. The van der Waals surface area contributed by atoms with Gasteiger partial charge in [-0.05, 0) is 52.0 Å². The summed E-state index contributed by atoms with van der Waals surface area (Å²) in [4.78, 5) is 26.2. The predicted octanol–water partition coefficient (Wildman–Crippen LogP) is 4.23. The topological polar surface area (TPSA) is 71.1 Å². The summed E-state index contributed by atoms with van der Waals surface area (Å²) >= 11 is 0. The first-order chi connectivity index (χ1) is 11.9. The number of carbonyl (C=O) groups is 1. The van der Waals surface area contributed by atoms with E-state index in [1.807, 2.05) is 52.0 Å². The van der Waals surface area contributed by atoms with Crippen LogP contribution in [0.2, 0.25) is 0 Å². The molecule has 0 radical (unpaired) electrons. The highest BCUT2D eigenvalue weighted by Gasteiger charge is 2.39. The van der Waals surface area contributed by atoms with Crippen molar-refractivity contribution in [1.82, 2.24) is 15.0 Å². The van der Waals surface area contributed by atoms with E-state index in [1.165, 1.54) is 0 Å². The molecule has 1 aliphatic heterocycles. The molecule has 0 atom stereocenters. The van der Waals surface area contributed by atoms with Gasteiger partial charge in [0.15, 0.2) is 0 Å². The van der Waals surface area contributed by atoms with Crippen LogP contribution in [-0.4, -0.2) is 27.1 Å². The Morgan fingerprint density at radius 1 is 1.20 bits per heavy atom. The van der Waals surface area contributed by atoms with Crippen molar-refractivity contribution in [2.45, 2.75) is 39.3 Å². The molecule has 1 aromatic carbocycles. The molecule has 0 saturated carbocycles. The molecule has 1 aliphatic rings. The third-order valence-corrected chi connectivity index (χ3v) is 4.52. The Bertz CT molecular complexity index is 960. The lowest BCUT2D eigenvalue weighted by atomic mass is 9.93. The Labute approximate surface area is 145 Å². The molecule has 0 saturated heterocycles. The number of amides is 1. The first-order valence-corrected chi connectivity index (χ1v) is 8.33. The number of ether oxygens (including phenoxy) is 1. The minimum atomic E-state index is -0.687. The summed E-state index contributed by atoms with van der Waals surface area (Å²) in [5, 5.41) is 0. The van der Waals surface area contributed by atoms with E-state index in [0.29, 0.717) is 0 Å². The maximum atomic E-state index is 12.4. The highest BCUT2D eigenvalue weighted by atomic mass is 16.6. The molecule has 6 nitrogen and oxygen atoms in total. The van der Waals surface area contributed by atoms with Crippen LogP contribution in [0, 0.1) is 0 Å². The number of fused-ring (bicyclic) bond motifs is 2. The lowest BCUT2D eigenvalue weighted by Crippen LogP contribution is -2.46. The van der Waals surface area contributed by atoms with Crippen molar-refractivity contribution in [2.75, 3.05) is 4.90 Å². The number of rotatable bonds is 2. The fourth-order valence-corrected chi connectivity index (χ4v) is 3.28. The van der Waals surface area contributed by atoms with Crippen LogP contribution in [0.1, 0.15) is 33.3 Å². The van der Waals surface area contributed by atoms with E-state index in [9.17, 15) is 4.79 Å². The number of aromatic amines is 1. The van der Waals surface area contributed by atoms with Gasteiger partial charge in [-0.1, -0.05) is 0 Å². The summed E-state index contributed by atoms with van der Waals surface area (Å²) in [6, 6.07) is 7.82. The normalized spacial score (nSPS) is 16.2. The summed E-state index contributed by atoms with van der Waals surface area (Å²) in [5.74, 6) is 0.779. The van der Waals surface area contributed by atoms with E-state index in [0.717, 1.165) is 33.7 Å². The molecule has 25 heavy (non-hydrogen) atoms. The summed E-state index contributed by atoms with van der Waals surface area (Å²) in [5.41, 5.74) is 3.85. The van der Waals surface area contributed by atoms with Crippen LogP contribution in [0.15, 0.2) is 36.7 Å². The van der Waals surface area contributed by atoms with Gasteiger partial charge in [0.2, 0.25) is 0 Å². The largest absolute Gasteiger partial charge is 0.438 e. The monoisotopic (exact) mass is 336 g/mol. The van der Waals surface area contributed by atoms with Crippen molar-refractivity contribution in [1.29, 1.82) is 0 Å². The van der Waals surface area contributed by atoms with Crippen molar-refractivity contribution >= 4 is 22.8 Å². The number of pyridine rings is 1. The van der Waals surface area contributed by atoms with Gasteiger partial charge in [-0.25, -0.2) is 9.78 Å². The third kappa shape index (κ3) is 2.45. The van der Waals surface area contributed by atoms with Gasteiger partial charge in [-0.2, -0.15) is 0 Å². The van der Waals surface area contributed by atoms with Crippen molar-refractivity contribution in [3.05, 3.63) is 42.2 Å². The van der Waals surface area contributed by atoms with Gasteiger partial charge >= 0.3 is 6.09 Å². The Morgan fingerprint density at radius 2 is 1.92 bits per heavy atom. The fraction of sp³-hybridized carbons (Fsp3) is 0.316. The molecule has 3 aromatic rings. The number of anilines is 1. The van der Waals surface area contributed by atoms with E-state index >= 15 is 0 Å². The van der Waals surface area contributed by atoms with E-state index in [2.05, 4.69) is 9.97 Å². The number of benzene rings is 1. The van der Waals surface area contributed by atoms with E-state index in [1.54, 1.807) is 17.3 Å². The predicted molar refractivity (Wildman–Crippen MR) is 96.4 cm³/mol. The number of cyclic esters (lactones) is 1. The molecule has 1 N–H and O–H groups in total. The van der Waals surface area contributed by atoms with Crippen molar-refractivity contribution in [3.8, 4) is 11.4 Å². The van der Waals surface area contributed by atoms with Crippen molar-refractivity contribution < 1.29 is 9.53 Å². The van der Waals surface area contributed by atoms with Crippen LogP contribution in [0.25, 0.3) is 22.4 Å². The summed E-state index contributed by atoms with van der Waals surface area (Å²) in [6.07, 6.45) is 3.16. The van der Waals surface area contributed by atoms with Crippen molar-refractivity contribution in [3.63, 3.8) is 0 Å². The Kier molecular flexibility index (Phi) is 3.32. The highest BCUT2D eigenvalue weighted by molar-refractivity contribution is 5.96. The summed E-state index contributed by atoms with van der Waals surface area (Å²) in [7, 11) is 0. The first-order valence-electron chi connectivity index (χ1n) is 8.33. The molecular formula is C19H20N4O2. The van der Waals surface area contributed by atoms with Crippen LogP contribution >= 0.6 is 0 Å². The van der Waals surface area contributed by atoms with Crippen LogP contribution in [-0.2, 0) is 10.3 Å². The minimum absolute atomic E-state index is 0.00147. The molecule has 0 aliphatic carbocycles. The Balaban J connectivity index is 1.93. The number of H-pyrrole nitrogens is 1. The van der Waals surface area contributed by atoms with Crippen LogP contribution in [0.5, 0.6) is 0 Å². The molecular weight excluding hydrogens is 316 g/mol. The summed E-state index contributed by atoms with van der Waals surface area (Å²) in [6.45, 7) is 7.77. The molecule has 1 amide bonds. The second-order valence-electron chi connectivity index (χ2n) is 7.05. The van der Waals surface area contributed by atoms with Gasteiger partial charge in [0.1, 0.15) is 11.4 Å². The minimum Gasteiger partial charge on any atom is -0.438 e. The van der Waals surface area contributed by atoms with Gasteiger partial charge in [0, 0.05) is 29.6 Å². The second kappa shape index (κ2) is 5.31. The SMILES string of the molecule is CC(C)N1C(=O)OC(C)(C)c2cc3[nH]c(-c4ccncc4)nc3cc21.